The Labute approximate surface area is 86.2 Å². The summed E-state index contributed by atoms with van der Waals surface area (Å²) in [5, 5.41) is 17.9. The summed E-state index contributed by atoms with van der Waals surface area (Å²) in [6.07, 6.45) is 0.182. The van der Waals surface area contributed by atoms with Crippen molar-refractivity contribution < 1.29 is 19.8 Å². The molecule has 0 bridgehead atoms. The van der Waals surface area contributed by atoms with Crippen LogP contribution in [0.1, 0.15) is 12.0 Å². The zero-order chi connectivity index (χ0) is 11.1. The van der Waals surface area contributed by atoms with Gasteiger partial charge in [-0.1, -0.05) is 30.3 Å². The molecule has 2 atom stereocenters. The van der Waals surface area contributed by atoms with Gasteiger partial charge >= 0.3 is 11.9 Å². The van der Waals surface area contributed by atoms with E-state index in [9.17, 15) is 9.59 Å². The second-order valence-corrected chi connectivity index (χ2v) is 3.74. The van der Waals surface area contributed by atoms with Crippen LogP contribution in [0.15, 0.2) is 30.3 Å². The van der Waals surface area contributed by atoms with Crippen molar-refractivity contribution in [3.63, 3.8) is 0 Å². The minimum atomic E-state index is -1.20. The predicted octanol–water partition coefficient (Wildman–Crippen LogP) is 1.11. The Hall–Kier alpha value is -1.84. The van der Waals surface area contributed by atoms with E-state index in [4.69, 9.17) is 10.2 Å². The normalized spacial score (nSPS) is 28.4. The first-order chi connectivity index (χ1) is 7.09. The quantitative estimate of drug-likeness (QED) is 0.776. The molecule has 2 N–H and O–H groups in total. The van der Waals surface area contributed by atoms with Crippen LogP contribution >= 0.6 is 0 Å². The van der Waals surface area contributed by atoms with E-state index in [1.807, 2.05) is 0 Å². The molecule has 78 valence electrons. The molecule has 15 heavy (non-hydrogen) atoms. The maximum absolute atomic E-state index is 11.1. The molecule has 0 heterocycles. The summed E-state index contributed by atoms with van der Waals surface area (Å²) in [5.41, 5.74) is -0.627. The van der Waals surface area contributed by atoms with Gasteiger partial charge in [-0.25, -0.2) is 0 Å². The van der Waals surface area contributed by atoms with Crippen LogP contribution in [0.25, 0.3) is 0 Å². The van der Waals surface area contributed by atoms with Gasteiger partial charge in [0.2, 0.25) is 0 Å². The molecule has 1 aliphatic carbocycles. The molecule has 4 heteroatoms. The Balaban J connectivity index is 2.40. The van der Waals surface area contributed by atoms with E-state index >= 15 is 0 Å². The summed E-state index contributed by atoms with van der Waals surface area (Å²) >= 11 is 0. The number of benzene rings is 1. The third-order valence-electron chi connectivity index (χ3n) is 2.93. The lowest BCUT2D eigenvalue weighted by Crippen LogP contribution is -2.25. The molecule has 1 aromatic carbocycles. The van der Waals surface area contributed by atoms with Crippen LogP contribution in [0.3, 0.4) is 0 Å². The first-order valence-electron chi connectivity index (χ1n) is 4.61. The summed E-state index contributed by atoms with van der Waals surface area (Å²) in [6, 6.07) is 8.54. The highest BCUT2D eigenvalue weighted by atomic mass is 16.4. The van der Waals surface area contributed by atoms with Gasteiger partial charge in [0.05, 0.1) is 5.92 Å². The molecule has 1 aliphatic rings. The van der Waals surface area contributed by atoms with Crippen molar-refractivity contribution in [1.29, 1.82) is 0 Å². The SMILES string of the molecule is O=C(O)[C@H]1C[C@@]1(C(=O)O)c1ccccc1. The Kier molecular flexibility index (Phi) is 2.00. The van der Waals surface area contributed by atoms with Crippen molar-refractivity contribution in [2.75, 3.05) is 0 Å². The lowest BCUT2D eigenvalue weighted by molar-refractivity contribution is -0.145. The maximum Gasteiger partial charge on any atom is 0.315 e. The second-order valence-electron chi connectivity index (χ2n) is 3.74. The monoisotopic (exact) mass is 206 g/mol. The van der Waals surface area contributed by atoms with Gasteiger partial charge in [-0.05, 0) is 12.0 Å². The topological polar surface area (TPSA) is 74.6 Å². The molecule has 0 aromatic heterocycles. The third kappa shape index (κ3) is 1.29. The molecule has 0 amide bonds. The number of carboxylic acids is 2. The summed E-state index contributed by atoms with van der Waals surface area (Å²) in [5.74, 6) is -2.89. The van der Waals surface area contributed by atoms with Crippen molar-refractivity contribution in [2.45, 2.75) is 11.8 Å². The predicted molar refractivity (Wildman–Crippen MR) is 51.5 cm³/mol. The highest BCUT2D eigenvalue weighted by Gasteiger charge is 2.65. The van der Waals surface area contributed by atoms with Crippen molar-refractivity contribution >= 4 is 11.9 Å². The van der Waals surface area contributed by atoms with Gasteiger partial charge in [0.15, 0.2) is 0 Å². The summed E-state index contributed by atoms with van der Waals surface area (Å²) in [7, 11) is 0. The van der Waals surface area contributed by atoms with Crippen molar-refractivity contribution in [3.8, 4) is 0 Å². The maximum atomic E-state index is 11.1. The molecule has 0 unspecified atom stereocenters. The molecule has 0 saturated heterocycles. The third-order valence-corrected chi connectivity index (χ3v) is 2.93. The van der Waals surface area contributed by atoms with E-state index < -0.39 is 23.3 Å². The Morgan fingerprint density at radius 1 is 1.20 bits per heavy atom. The first kappa shape index (κ1) is 9.71. The van der Waals surface area contributed by atoms with Gasteiger partial charge < -0.3 is 10.2 Å². The number of carbonyl (C=O) groups is 2. The fourth-order valence-corrected chi connectivity index (χ4v) is 1.98. The first-order valence-corrected chi connectivity index (χ1v) is 4.61. The van der Waals surface area contributed by atoms with Gasteiger partial charge in [0.25, 0.3) is 0 Å². The van der Waals surface area contributed by atoms with Gasteiger partial charge in [0, 0.05) is 0 Å². The number of aliphatic carboxylic acids is 2. The van der Waals surface area contributed by atoms with Crippen molar-refractivity contribution in [3.05, 3.63) is 35.9 Å². The van der Waals surface area contributed by atoms with Gasteiger partial charge in [-0.2, -0.15) is 0 Å². The lowest BCUT2D eigenvalue weighted by atomic mass is 9.93. The van der Waals surface area contributed by atoms with Crippen molar-refractivity contribution in [1.82, 2.24) is 0 Å². The molecule has 1 aromatic rings. The second kappa shape index (κ2) is 3.08. The van der Waals surface area contributed by atoms with Gasteiger partial charge in [-0.3, -0.25) is 9.59 Å². The molecule has 1 fully saturated rings. The standard InChI is InChI=1S/C11H10O4/c12-9(13)8-6-11(8,10(14)15)7-4-2-1-3-5-7/h1-5,8H,6H2,(H,12,13)(H,14,15)/t8-,11-/m1/s1. The molecule has 0 spiro atoms. The molecule has 0 aliphatic heterocycles. The van der Waals surface area contributed by atoms with Crippen LogP contribution in [-0.2, 0) is 15.0 Å². The van der Waals surface area contributed by atoms with Crippen LogP contribution in [0.2, 0.25) is 0 Å². The van der Waals surface area contributed by atoms with Crippen LogP contribution in [-0.4, -0.2) is 22.2 Å². The van der Waals surface area contributed by atoms with E-state index in [2.05, 4.69) is 0 Å². The zero-order valence-electron chi connectivity index (χ0n) is 7.88. The largest absolute Gasteiger partial charge is 0.481 e. The molecule has 2 rings (SSSR count). The minimum Gasteiger partial charge on any atom is -0.481 e. The fraction of sp³-hybridized carbons (Fsp3) is 0.273. The highest BCUT2D eigenvalue weighted by Crippen LogP contribution is 2.54. The Morgan fingerprint density at radius 3 is 2.20 bits per heavy atom. The molecular weight excluding hydrogens is 196 g/mol. The molecular formula is C11H10O4. The number of rotatable bonds is 3. The lowest BCUT2D eigenvalue weighted by Gasteiger charge is -2.10. The van der Waals surface area contributed by atoms with Gasteiger partial charge in [-0.15, -0.1) is 0 Å². The average Bonchev–Trinajstić information content (AvgIpc) is 2.95. The Bertz CT molecular complexity index is 412. The van der Waals surface area contributed by atoms with Gasteiger partial charge in [0.1, 0.15) is 5.41 Å². The molecule has 0 radical (unpaired) electrons. The fourth-order valence-electron chi connectivity index (χ4n) is 1.98. The van der Waals surface area contributed by atoms with Crippen molar-refractivity contribution in [2.24, 2.45) is 5.92 Å². The van der Waals surface area contributed by atoms with E-state index in [1.54, 1.807) is 30.3 Å². The van der Waals surface area contributed by atoms with Crippen LogP contribution in [0.5, 0.6) is 0 Å². The van der Waals surface area contributed by atoms with E-state index in [0.717, 1.165) is 0 Å². The van der Waals surface area contributed by atoms with Crippen LogP contribution in [0, 0.1) is 5.92 Å². The van der Waals surface area contributed by atoms with E-state index in [0.29, 0.717) is 5.56 Å². The average molecular weight is 206 g/mol. The number of hydrogen-bond acceptors (Lipinski definition) is 2. The summed E-state index contributed by atoms with van der Waals surface area (Å²) in [6.45, 7) is 0. The zero-order valence-corrected chi connectivity index (χ0v) is 7.88. The number of hydrogen-bond donors (Lipinski definition) is 2. The van der Waals surface area contributed by atoms with Crippen LogP contribution < -0.4 is 0 Å². The number of carboxylic acid groups (broad SMARTS) is 2. The van der Waals surface area contributed by atoms with Crippen LogP contribution in [0.4, 0.5) is 0 Å². The Morgan fingerprint density at radius 2 is 1.80 bits per heavy atom. The van der Waals surface area contributed by atoms with E-state index in [1.165, 1.54) is 0 Å². The molecule has 1 saturated carbocycles. The smallest absolute Gasteiger partial charge is 0.315 e. The highest BCUT2D eigenvalue weighted by molar-refractivity contribution is 5.94. The molecule has 4 nitrogen and oxygen atoms in total. The summed E-state index contributed by atoms with van der Waals surface area (Å²) < 4.78 is 0. The van der Waals surface area contributed by atoms with E-state index in [-0.39, 0.29) is 6.42 Å². The summed E-state index contributed by atoms with van der Waals surface area (Å²) in [4.78, 5) is 21.9. The minimum absolute atomic E-state index is 0.182.